The van der Waals surface area contributed by atoms with Gasteiger partial charge in [0, 0.05) is 0 Å². The molecule has 6 heteroatoms. The highest BCUT2D eigenvalue weighted by Gasteiger charge is 2.59. The number of hydrogen-bond donors (Lipinski definition) is 0. The van der Waals surface area contributed by atoms with Crippen molar-refractivity contribution in [2.24, 2.45) is 28.8 Å². The molecule has 0 radical (unpaired) electrons. The fourth-order valence-electron chi connectivity index (χ4n) is 5.69. The van der Waals surface area contributed by atoms with Gasteiger partial charge in [-0.05, 0) is 65.3 Å². The van der Waals surface area contributed by atoms with Crippen molar-refractivity contribution in [3.63, 3.8) is 0 Å². The molecular formula is C29H26N2O4. The zero-order valence-electron chi connectivity index (χ0n) is 19.5. The molecule has 6 rings (SSSR count). The van der Waals surface area contributed by atoms with Crippen molar-refractivity contribution in [3.8, 4) is 11.5 Å². The van der Waals surface area contributed by atoms with Crippen molar-refractivity contribution in [3.05, 3.63) is 83.9 Å². The first-order chi connectivity index (χ1) is 17.1. The standard InChI is InChI=1S/C29H26N2O4/c1-2-34-25-14-18(16-30-31-28(32)26-20-11-12-21(15-20)27(26)29(31)33)10-13-24(25)35-17-22-8-5-7-19-6-3-4-9-23(19)22/h3-14,16,20-21,26-27H,2,15,17H2,1H3/b30-16-/t20-,21-,26-,27-/m0/s1. The van der Waals surface area contributed by atoms with Gasteiger partial charge in [0.05, 0.1) is 24.7 Å². The Bertz CT molecular complexity index is 1340. The smallest absolute Gasteiger partial charge is 0.254 e. The Hall–Kier alpha value is -3.93. The van der Waals surface area contributed by atoms with E-state index in [1.807, 2.05) is 43.3 Å². The van der Waals surface area contributed by atoms with E-state index in [0.717, 1.165) is 27.9 Å². The Labute approximate surface area is 203 Å². The monoisotopic (exact) mass is 466 g/mol. The van der Waals surface area contributed by atoms with Gasteiger partial charge in [0.25, 0.3) is 11.8 Å². The normalized spacial score (nSPS) is 24.7. The molecule has 1 aliphatic heterocycles. The quantitative estimate of drug-likeness (QED) is 0.280. The van der Waals surface area contributed by atoms with Gasteiger partial charge >= 0.3 is 0 Å². The molecule has 2 aliphatic carbocycles. The summed E-state index contributed by atoms with van der Waals surface area (Å²) >= 11 is 0. The van der Waals surface area contributed by atoms with E-state index in [2.05, 4.69) is 41.5 Å². The number of ether oxygens (including phenoxy) is 2. The van der Waals surface area contributed by atoms with E-state index in [0.29, 0.717) is 24.7 Å². The first-order valence-electron chi connectivity index (χ1n) is 12.1. The number of rotatable bonds is 7. The first kappa shape index (κ1) is 21.6. The lowest BCUT2D eigenvalue weighted by molar-refractivity contribution is -0.140. The molecule has 1 saturated carbocycles. The summed E-state index contributed by atoms with van der Waals surface area (Å²) in [5.41, 5.74) is 1.82. The maximum atomic E-state index is 12.9. The van der Waals surface area contributed by atoms with Crippen LogP contribution in [-0.4, -0.2) is 29.6 Å². The van der Waals surface area contributed by atoms with E-state index in [4.69, 9.17) is 9.47 Å². The maximum Gasteiger partial charge on any atom is 0.254 e. The number of hydrazone groups is 1. The Morgan fingerprint density at radius 3 is 2.43 bits per heavy atom. The molecule has 0 spiro atoms. The molecule has 0 aromatic heterocycles. The summed E-state index contributed by atoms with van der Waals surface area (Å²) in [6.45, 7) is 2.80. The highest BCUT2D eigenvalue weighted by molar-refractivity contribution is 6.06. The van der Waals surface area contributed by atoms with Gasteiger partial charge in [-0.15, -0.1) is 0 Å². The molecule has 2 bridgehead atoms. The number of benzene rings is 3. The number of allylic oxidation sites excluding steroid dienone is 2. The Morgan fingerprint density at radius 2 is 1.66 bits per heavy atom. The lowest BCUT2D eigenvalue weighted by atomic mass is 9.85. The van der Waals surface area contributed by atoms with Crippen molar-refractivity contribution in [2.75, 3.05) is 6.61 Å². The van der Waals surface area contributed by atoms with E-state index in [-0.39, 0.29) is 35.5 Å². The Balaban J connectivity index is 1.20. The van der Waals surface area contributed by atoms with Crippen LogP contribution in [-0.2, 0) is 16.2 Å². The number of imide groups is 1. The molecule has 176 valence electrons. The molecule has 1 saturated heterocycles. The molecule has 3 aromatic carbocycles. The van der Waals surface area contributed by atoms with Crippen LogP contribution < -0.4 is 9.47 Å². The van der Waals surface area contributed by atoms with Crippen LogP contribution in [0.1, 0.15) is 24.5 Å². The van der Waals surface area contributed by atoms with E-state index < -0.39 is 0 Å². The minimum absolute atomic E-state index is 0.171. The summed E-state index contributed by atoms with van der Waals surface area (Å²) < 4.78 is 12.0. The zero-order valence-corrected chi connectivity index (χ0v) is 19.5. The predicted molar refractivity (Wildman–Crippen MR) is 133 cm³/mol. The molecule has 4 atom stereocenters. The predicted octanol–water partition coefficient (Wildman–Crippen LogP) is 4.96. The van der Waals surface area contributed by atoms with Gasteiger partial charge < -0.3 is 9.47 Å². The summed E-state index contributed by atoms with van der Waals surface area (Å²) in [5.74, 6) is 0.685. The van der Waals surface area contributed by atoms with Gasteiger partial charge in [0.15, 0.2) is 11.5 Å². The number of amides is 2. The van der Waals surface area contributed by atoms with Crippen LogP contribution in [0.2, 0.25) is 0 Å². The minimum Gasteiger partial charge on any atom is -0.490 e. The van der Waals surface area contributed by atoms with E-state index >= 15 is 0 Å². The van der Waals surface area contributed by atoms with Gasteiger partial charge in [0.2, 0.25) is 0 Å². The van der Waals surface area contributed by atoms with Crippen molar-refractivity contribution < 1.29 is 19.1 Å². The number of carbonyl (C=O) groups is 2. The Kier molecular flexibility index (Phi) is 5.36. The third-order valence-electron chi connectivity index (χ3n) is 7.30. The highest BCUT2D eigenvalue weighted by atomic mass is 16.5. The first-order valence-corrected chi connectivity index (χ1v) is 12.1. The number of hydrogen-bond acceptors (Lipinski definition) is 5. The lowest BCUT2D eigenvalue weighted by Gasteiger charge is -2.14. The highest BCUT2D eigenvalue weighted by Crippen LogP contribution is 2.52. The molecule has 1 heterocycles. The number of carbonyl (C=O) groups excluding carboxylic acids is 2. The van der Waals surface area contributed by atoms with Crippen LogP contribution in [0, 0.1) is 23.7 Å². The summed E-state index contributed by atoms with van der Waals surface area (Å²) in [6.07, 6.45) is 6.61. The molecule has 3 aromatic rings. The molecule has 0 unspecified atom stereocenters. The maximum absolute atomic E-state index is 12.9. The second-order valence-electron chi connectivity index (χ2n) is 9.30. The van der Waals surface area contributed by atoms with Crippen LogP contribution in [0.25, 0.3) is 10.8 Å². The van der Waals surface area contributed by atoms with Gasteiger partial charge in [-0.25, -0.2) is 0 Å². The SMILES string of the molecule is CCOc1cc(/C=N\N2C(=O)[C@@H]3[C@@H](C2=O)[C@H]2C=C[C@H]3C2)ccc1OCc1cccc2ccccc12. The molecule has 3 aliphatic rings. The lowest BCUT2D eigenvalue weighted by Crippen LogP contribution is -2.28. The van der Waals surface area contributed by atoms with Gasteiger partial charge in [0.1, 0.15) is 6.61 Å². The van der Waals surface area contributed by atoms with E-state index in [1.54, 1.807) is 6.21 Å². The average Bonchev–Trinajstić information content (AvgIpc) is 3.56. The average molecular weight is 467 g/mol. The van der Waals surface area contributed by atoms with Crippen LogP contribution in [0.15, 0.2) is 77.9 Å². The van der Waals surface area contributed by atoms with Crippen LogP contribution in [0.3, 0.4) is 0 Å². The summed E-state index contributed by atoms with van der Waals surface area (Å²) in [5, 5.41) is 7.67. The molecule has 2 fully saturated rings. The zero-order chi connectivity index (χ0) is 23.9. The largest absolute Gasteiger partial charge is 0.490 e. The van der Waals surface area contributed by atoms with Gasteiger partial charge in [-0.3, -0.25) is 9.59 Å². The van der Waals surface area contributed by atoms with Gasteiger partial charge in [-0.1, -0.05) is 54.6 Å². The van der Waals surface area contributed by atoms with Crippen LogP contribution in [0.5, 0.6) is 11.5 Å². The molecular weight excluding hydrogens is 440 g/mol. The fraction of sp³-hybridized carbons (Fsp3) is 0.276. The third kappa shape index (κ3) is 3.70. The van der Waals surface area contributed by atoms with Crippen LogP contribution in [0.4, 0.5) is 0 Å². The fourth-order valence-corrected chi connectivity index (χ4v) is 5.69. The van der Waals surface area contributed by atoms with Gasteiger partial charge in [-0.2, -0.15) is 10.1 Å². The van der Waals surface area contributed by atoms with Crippen molar-refractivity contribution in [2.45, 2.75) is 20.0 Å². The van der Waals surface area contributed by atoms with Crippen molar-refractivity contribution in [1.29, 1.82) is 0 Å². The summed E-state index contributed by atoms with van der Waals surface area (Å²) in [6, 6.07) is 19.9. The van der Waals surface area contributed by atoms with E-state index in [9.17, 15) is 9.59 Å². The summed E-state index contributed by atoms with van der Waals surface area (Å²) in [4.78, 5) is 25.7. The second-order valence-corrected chi connectivity index (χ2v) is 9.30. The van der Waals surface area contributed by atoms with E-state index in [1.165, 1.54) is 5.39 Å². The molecule has 0 N–H and O–H groups in total. The number of nitrogens with zero attached hydrogens (tertiary/aromatic N) is 2. The number of fused-ring (bicyclic) bond motifs is 6. The molecule has 35 heavy (non-hydrogen) atoms. The van der Waals surface area contributed by atoms with Crippen LogP contribution >= 0.6 is 0 Å². The van der Waals surface area contributed by atoms with Crippen molar-refractivity contribution in [1.82, 2.24) is 5.01 Å². The second kappa shape index (κ2) is 8.69. The molecule has 6 nitrogen and oxygen atoms in total. The minimum atomic E-state index is -0.251. The third-order valence-corrected chi connectivity index (χ3v) is 7.30. The van der Waals surface area contributed by atoms with Crippen molar-refractivity contribution >= 4 is 28.8 Å². The summed E-state index contributed by atoms with van der Waals surface area (Å²) in [7, 11) is 0. The topological polar surface area (TPSA) is 68.2 Å². The molecule has 2 amide bonds. The Morgan fingerprint density at radius 1 is 0.914 bits per heavy atom.